The van der Waals surface area contributed by atoms with E-state index in [-0.39, 0.29) is 23.9 Å². The van der Waals surface area contributed by atoms with Gasteiger partial charge in [-0.1, -0.05) is 12.2 Å². The molecular formula is C14H16O5. The number of aliphatic hydroxyl groups is 2. The fourth-order valence-electron chi connectivity index (χ4n) is 3.54. The summed E-state index contributed by atoms with van der Waals surface area (Å²) in [5, 5.41) is 20.1. The number of allylic oxidation sites excluding steroid dienone is 3. The minimum Gasteiger partial charge on any atom is -0.393 e. The summed E-state index contributed by atoms with van der Waals surface area (Å²) in [6.07, 6.45) is 4.78. The van der Waals surface area contributed by atoms with Gasteiger partial charge in [0.05, 0.1) is 12.2 Å². The van der Waals surface area contributed by atoms with Crippen LogP contribution in [0.25, 0.3) is 0 Å². The van der Waals surface area contributed by atoms with Crippen LogP contribution in [-0.2, 0) is 14.3 Å². The van der Waals surface area contributed by atoms with Gasteiger partial charge in [-0.05, 0) is 26.3 Å². The van der Waals surface area contributed by atoms with Gasteiger partial charge in [0.1, 0.15) is 5.41 Å². The molecule has 1 heterocycles. The fraction of sp³-hybridized carbons (Fsp3) is 0.571. The van der Waals surface area contributed by atoms with Gasteiger partial charge < -0.3 is 14.9 Å². The Kier molecular flexibility index (Phi) is 2.29. The molecule has 0 amide bonds. The maximum absolute atomic E-state index is 12.4. The molecule has 1 aliphatic heterocycles. The van der Waals surface area contributed by atoms with Crippen LogP contribution in [0.2, 0.25) is 0 Å². The highest BCUT2D eigenvalue weighted by Crippen LogP contribution is 2.73. The first-order valence-corrected chi connectivity index (χ1v) is 6.33. The minimum absolute atomic E-state index is 0.147. The SMILES string of the molecule is CC=CC1=CC(=O)C23CC2C(C)(CO)OC3(O)C1=O. The number of Topliss-reactive ketones (excluding diaryl/α,β-unsaturated/α-hetero) is 1. The lowest BCUT2D eigenvalue weighted by Crippen LogP contribution is -2.54. The van der Waals surface area contributed by atoms with Crippen molar-refractivity contribution < 1.29 is 24.5 Å². The number of ketones is 2. The molecule has 0 aromatic carbocycles. The van der Waals surface area contributed by atoms with Gasteiger partial charge in [0.2, 0.25) is 11.6 Å². The van der Waals surface area contributed by atoms with Gasteiger partial charge in [-0.2, -0.15) is 0 Å². The largest absolute Gasteiger partial charge is 0.393 e. The van der Waals surface area contributed by atoms with Crippen LogP contribution in [0.5, 0.6) is 0 Å². The number of rotatable bonds is 2. The number of aliphatic hydroxyl groups excluding tert-OH is 1. The zero-order valence-electron chi connectivity index (χ0n) is 10.8. The van der Waals surface area contributed by atoms with Crippen molar-refractivity contribution in [1.29, 1.82) is 0 Å². The summed E-state index contributed by atoms with van der Waals surface area (Å²) < 4.78 is 5.46. The monoisotopic (exact) mass is 264 g/mol. The second-order valence-electron chi connectivity index (χ2n) is 5.74. The zero-order chi connectivity index (χ0) is 14.1. The lowest BCUT2D eigenvalue weighted by atomic mass is 9.77. The van der Waals surface area contributed by atoms with E-state index in [2.05, 4.69) is 0 Å². The Hall–Kier alpha value is -1.30. The van der Waals surface area contributed by atoms with Crippen molar-refractivity contribution >= 4 is 11.6 Å². The number of carbonyl (C=O) groups excluding carboxylic acids is 2. The van der Waals surface area contributed by atoms with Crippen LogP contribution in [0.3, 0.4) is 0 Å². The summed E-state index contributed by atoms with van der Waals surface area (Å²) in [4.78, 5) is 24.7. The van der Waals surface area contributed by atoms with E-state index in [9.17, 15) is 19.8 Å². The number of hydrogen-bond acceptors (Lipinski definition) is 5. The van der Waals surface area contributed by atoms with Crippen molar-refractivity contribution in [2.45, 2.75) is 31.7 Å². The van der Waals surface area contributed by atoms with Gasteiger partial charge in [-0.15, -0.1) is 0 Å². The first-order chi connectivity index (χ1) is 8.85. The topological polar surface area (TPSA) is 83.8 Å². The third-order valence-corrected chi connectivity index (χ3v) is 4.64. The number of ether oxygens (including phenoxy) is 1. The Labute approximate surface area is 110 Å². The quantitative estimate of drug-likeness (QED) is 0.740. The Morgan fingerprint density at radius 2 is 2.21 bits per heavy atom. The molecule has 5 nitrogen and oxygen atoms in total. The van der Waals surface area contributed by atoms with Crippen LogP contribution in [0.4, 0.5) is 0 Å². The molecule has 3 rings (SSSR count). The van der Waals surface area contributed by atoms with E-state index in [0.717, 1.165) is 0 Å². The zero-order valence-corrected chi connectivity index (χ0v) is 10.8. The van der Waals surface area contributed by atoms with E-state index in [0.29, 0.717) is 6.42 Å². The molecule has 19 heavy (non-hydrogen) atoms. The molecule has 102 valence electrons. The van der Waals surface area contributed by atoms with Crippen molar-refractivity contribution in [3.8, 4) is 0 Å². The molecule has 2 N–H and O–H groups in total. The van der Waals surface area contributed by atoms with Crippen LogP contribution >= 0.6 is 0 Å². The predicted molar refractivity (Wildman–Crippen MR) is 65.0 cm³/mol. The third-order valence-electron chi connectivity index (χ3n) is 4.64. The average molecular weight is 264 g/mol. The van der Waals surface area contributed by atoms with E-state index < -0.39 is 22.6 Å². The molecule has 5 heteroatoms. The maximum Gasteiger partial charge on any atom is 0.245 e. The standard InChI is InChI=1S/C14H16O5/c1-3-4-8-5-10(16)13-6-9(13)12(2,7-15)19-14(13,18)11(8)17/h3-5,9,15,18H,6-7H2,1-2H3. The van der Waals surface area contributed by atoms with Crippen LogP contribution < -0.4 is 0 Å². The Bertz CT molecular complexity index is 548. The molecule has 0 aromatic heterocycles. The Balaban J connectivity index is 2.13. The molecule has 4 unspecified atom stereocenters. The highest BCUT2D eigenvalue weighted by molar-refractivity contribution is 6.18. The van der Waals surface area contributed by atoms with Gasteiger partial charge in [0.15, 0.2) is 5.78 Å². The molecule has 4 atom stereocenters. The van der Waals surface area contributed by atoms with Crippen molar-refractivity contribution in [2.24, 2.45) is 11.3 Å². The normalized spacial score (nSPS) is 48.2. The van der Waals surface area contributed by atoms with E-state index in [1.165, 1.54) is 12.2 Å². The average Bonchev–Trinajstić information content (AvgIpc) is 3.09. The molecule has 0 bridgehead atoms. The lowest BCUT2D eigenvalue weighted by molar-refractivity contribution is -0.247. The first kappa shape index (κ1) is 12.7. The molecule has 3 aliphatic rings. The highest BCUT2D eigenvalue weighted by Gasteiger charge is 2.85. The molecule has 1 saturated carbocycles. The van der Waals surface area contributed by atoms with Gasteiger partial charge in [-0.25, -0.2) is 0 Å². The van der Waals surface area contributed by atoms with Crippen LogP contribution in [0, 0.1) is 11.3 Å². The summed E-state index contributed by atoms with van der Waals surface area (Å²) in [5.74, 6) is -3.32. The van der Waals surface area contributed by atoms with E-state index in [1.54, 1.807) is 19.9 Å². The fourth-order valence-corrected chi connectivity index (χ4v) is 3.54. The second-order valence-corrected chi connectivity index (χ2v) is 5.74. The molecule has 1 spiro atoms. The summed E-state index contributed by atoms with van der Waals surface area (Å²) in [6.45, 7) is 3.01. The summed E-state index contributed by atoms with van der Waals surface area (Å²) in [5.41, 5.74) is -2.08. The van der Waals surface area contributed by atoms with Crippen LogP contribution in [0.1, 0.15) is 20.3 Å². The van der Waals surface area contributed by atoms with Crippen LogP contribution in [0.15, 0.2) is 23.8 Å². The predicted octanol–water partition coefficient (Wildman–Crippen LogP) is 0.117. The smallest absolute Gasteiger partial charge is 0.245 e. The first-order valence-electron chi connectivity index (χ1n) is 6.33. The van der Waals surface area contributed by atoms with Gasteiger partial charge in [-0.3, -0.25) is 9.59 Å². The summed E-state index contributed by atoms with van der Waals surface area (Å²) in [6, 6.07) is 0. The molecule has 2 fully saturated rings. The summed E-state index contributed by atoms with van der Waals surface area (Å²) in [7, 11) is 0. The van der Waals surface area contributed by atoms with E-state index in [4.69, 9.17) is 4.74 Å². The molecular weight excluding hydrogens is 248 g/mol. The maximum atomic E-state index is 12.4. The third kappa shape index (κ3) is 1.21. The molecule has 2 aliphatic carbocycles. The van der Waals surface area contributed by atoms with Crippen LogP contribution in [-0.4, -0.2) is 39.8 Å². The molecule has 1 saturated heterocycles. The summed E-state index contributed by atoms with van der Waals surface area (Å²) >= 11 is 0. The van der Waals surface area contributed by atoms with Gasteiger partial charge in [0.25, 0.3) is 0 Å². The lowest BCUT2D eigenvalue weighted by Gasteiger charge is -2.35. The van der Waals surface area contributed by atoms with Crippen molar-refractivity contribution in [3.05, 3.63) is 23.8 Å². The van der Waals surface area contributed by atoms with Crippen molar-refractivity contribution in [2.75, 3.05) is 6.61 Å². The van der Waals surface area contributed by atoms with Crippen molar-refractivity contribution in [1.82, 2.24) is 0 Å². The minimum atomic E-state index is -2.13. The van der Waals surface area contributed by atoms with E-state index >= 15 is 0 Å². The number of carbonyl (C=O) groups is 2. The highest BCUT2D eigenvalue weighted by atomic mass is 16.7. The number of hydrogen-bond donors (Lipinski definition) is 2. The van der Waals surface area contributed by atoms with E-state index in [1.807, 2.05) is 0 Å². The molecule has 0 radical (unpaired) electrons. The molecule has 0 aromatic rings. The second kappa shape index (κ2) is 3.42. The van der Waals surface area contributed by atoms with Gasteiger partial charge in [0, 0.05) is 11.5 Å². The Morgan fingerprint density at radius 1 is 1.53 bits per heavy atom. The van der Waals surface area contributed by atoms with Crippen molar-refractivity contribution in [3.63, 3.8) is 0 Å². The Morgan fingerprint density at radius 3 is 2.79 bits per heavy atom. The van der Waals surface area contributed by atoms with Gasteiger partial charge >= 0.3 is 0 Å².